The predicted octanol–water partition coefficient (Wildman–Crippen LogP) is 1.45. The smallest absolute Gasteiger partial charge is 0.236 e. The van der Waals surface area contributed by atoms with Crippen LogP contribution in [-0.4, -0.2) is 44.8 Å². The highest BCUT2D eigenvalue weighted by atomic mass is 79.9. The average Bonchev–Trinajstić information content (AvgIpc) is 2.83. The van der Waals surface area contributed by atoms with E-state index in [2.05, 4.69) is 31.2 Å². The summed E-state index contributed by atoms with van der Waals surface area (Å²) in [6, 6.07) is 0. The standard InChI is InChI=1S/C13H18BrN5O/c1-3-18(4-2)13(20)8-15-5-10-6-17-12-7-16-11(14)9-19(10)12/h6-7,9,15H,3-5,8H2,1-2H3. The van der Waals surface area contributed by atoms with Gasteiger partial charge in [0.1, 0.15) is 4.60 Å². The van der Waals surface area contributed by atoms with E-state index in [-0.39, 0.29) is 5.91 Å². The van der Waals surface area contributed by atoms with Crippen molar-refractivity contribution >= 4 is 27.5 Å². The van der Waals surface area contributed by atoms with Crippen LogP contribution in [0.15, 0.2) is 23.2 Å². The van der Waals surface area contributed by atoms with Crippen LogP contribution in [0.4, 0.5) is 0 Å². The number of fused-ring (bicyclic) bond motifs is 1. The third-order valence-corrected chi connectivity index (χ3v) is 3.55. The fraction of sp³-hybridized carbons (Fsp3) is 0.462. The maximum Gasteiger partial charge on any atom is 0.236 e. The zero-order chi connectivity index (χ0) is 14.5. The minimum atomic E-state index is 0.117. The van der Waals surface area contributed by atoms with Crippen LogP contribution in [0.5, 0.6) is 0 Å². The van der Waals surface area contributed by atoms with Gasteiger partial charge in [0, 0.05) is 25.8 Å². The van der Waals surface area contributed by atoms with Gasteiger partial charge in [-0.05, 0) is 29.8 Å². The lowest BCUT2D eigenvalue weighted by atomic mass is 10.4. The number of carbonyl (C=O) groups excluding carboxylic acids is 1. The first-order valence-corrected chi connectivity index (χ1v) is 7.41. The molecule has 7 heteroatoms. The van der Waals surface area contributed by atoms with Crippen molar-refractivity contribution in [3.63, 3.8) is 0 Å². The molecule has 0 unspecified atom stereocenters. The first kappa shape index (κ1) is 14.9. The largest absolute Gasteiger partial charge is 0.342 e. The summed E-state index contributed by atoms with van der Waals surface area (Å²) in [5, 5.41) is 3.16. The summed E-state index contributed by atoms with van der Waals surface area (Å²) in [6.45, 7) is 6.37. The molecule has 2 aromatic heterocycles. The molecule has 0 aliphatic carbocycles. The van der Waals surface area contributed by atoms with Gasteiger partial charge in [-0.3, -0.25) is 9.20 Å². The van der Waals surface area contributed by atoms with Crippen LogP contribution in [0.25, 0.3) is 5.65 Å². The molecule has 0 aromatic carbocycles. The van der Waals surface area contributed by atoms with E-state index in [4.69, 9.17) is 0 Å². The van der Waals surface area contributed by atoms with Crippen LogP contribution < -0.4 is 5.32 Å². The number of hydrogen-bond acceptors (Lipinski definition) is 4. The lowest BCUT2D eigenvalue weighted by molar-refractivity contribution is -0.129. The molecule has 2 heterocycles. The number of nitrogens with one attached hydrogen (secondary N) is 1. The van der Waals surface area contributed by atoms with Gasteiger partial charge in [-0.2, -0.15) is 0 Å². The lowest BCUT2D eigenvalue weighted by Crippen LogP contribution is -2.37. The SMILES string of the molecule is CCN(CC)C(=O)CNCc1cnc2cnc(Br)cn12. The fourth-order valence-corrected chi connectivity index (χ4v) is 2.34. The van der Waals surface area contributed by atoms with Gasteiger partial charge < -0.3 is 10.2 Å². The number of rotatable bonds is 6. The Balaban J connectivity index is 1.96. The lowest BCUT2D eigenvalue weighted by Gasteiger charge is -2.18. The molecule has 1 amide bonds. The highest BCUT2D eigenvalue weighted by Crippen LogP contribution is 2.10. The summed E-state index contributed by atoms with van der Waals surface area (Å²) in [6.07, 6.45) is 5.36. The quantitative estimate of drug-likeness (QED) is 0.865. The monoisotopic (exact) mass is 339 g/mol. The molecule has 108 valence electrons. The van der Waals surface area contributed by atoms with Gasteiger partial charge in [0.15, 0.2) is 5.65 Å². The van der Waals surface area contributed by atoms with Crippen molar-refractivity contribution in [2.24, 2.45) is 0 Å². The van der Waals surface area contributed by atoms with Crippen LogP contribution >= 0.6 is 15.9 Å². The molecule has 2 rings (SSSR count). The summed E-state index contributed by atoms with van der Waals surface area (Å²) >= 11 is 3.34. The molecule has 0 fully saturated rings. The number of carbonyl (C=O) groups is 1. The molecule has 0 bridgehead atoms. The zero-order valence-electron chi connectivity index (χ0n) is 11.6. The highest BCUT2D eigenvalue weighted by molar-refractivity contribution is 9.10. The summed E-state index contributed by atoms with van der Waals surface area (Å²) in [5.74, 6) is 0.117. The van der Waals surface area contributed by atoms with Crippen LogP contribution in [-0.2, 0) is 11.3 Å². The second kappa shape index (κ2) is 6.81. The molecular formula is C13H18BrN5O. The summed E-state index contributed by atoms with van der Waals surface area (Å²) in [5.41, 5.74) is 1.79. The van der Waals surface area contributed by atoms with Crippen molar-refractivity contribution in [3.8, 4) is 0 Å². The minimum absolute atomic E-state index is 0.117. The van der Waals surface area contributed by atoms with Gasteiger partial charge in [-0.25, -0.2) is 9.97 Å². The topological polar surface area (TPSA) is 62.5 Å². The van der Waals surface area contributed by atoms with Crippen molar-refractivity contribution in [1.29, 1.82) is 0 Å². The Morgan fingerprint density at radius 1 is 1.35 bits per heavy atom. The molecule has 0 radical (unpaired) electrons. The molecule has 0 saturated heterocycles. The predicted molar refractivity (Wildman–Crippen MR) is 80.3 cm³/mol. The van der Waals surface area contributed by atoms with Crippen molar-refractivity contribution < 1.29 is 4.79 Å². The first-order valence-electron chi connectivity index (χ1n) is 6.61. The van der Waals surface area contributed by atoms with E-state index < -0.39 is 0 Å². The second-order valence-corrected chi connectivity index (χ2v) is 5.17. The van der Waals surface area contributed by atoms with Crippen LogP contribution in [0.2, 0.25) is 0 Å². The number of halogens is 1. The van der Waals surface area contributed by atoms with Gasteiger partial charge in [-0.1, -0.05) is 0 Å². The normalized spacial score (nSPS) is 10.9. The van der Waals surface area contributed by atoms with Crippen molar-refractivity contribution in [1.82, 2.24) is 24.6 Å². The number of imidazole rings is 1. The van der Waals surface area contributed by atoms with E-state index in [0.717, 1.165) is 29.0 Å². The fourth-order valence-electron chi connectivity index (χ4n) is 2.03. The number of aromatic nitrogens is 3. The van der Waals surface area contributed by atoms with Gasteiger partial charge >= 0.3 is 0 Å². The van der Waals surface area contributed by atoms with E-state index in [9.17, 15) is 4.79 Å². The minimum Gasteiger partial charge on any atom is -0.342 e. The molecule has 1 N–H and O–H groups in total. The summed E-state index contributed by atoms with van der Waals surface area (Å²) in [7, 11) is 0. The number of nitrogens with zero attached hydrogens (tertiary/aromatic N) is 4. The van der Waals surface area contributed by atoms with E-state index in [1.165, 1.54) is 0 Å². The molecule has 0 aliphatic heterocycles. The Labute approximate surface area is 126 Å². The average molecular weight is 340 g/mol. The van der Waals surface area contributed by atoms with Crippen molar-refractivity contribution in [2.45, 2.75) is 20.4 Å². The van der Waals surface area contributed by atoms with Gasteiger partial charge in [0.2, 0.25) is 5.91 Å². The van der Waals surface area contributed by atoms with Gasteiger partial charge in [0.25, 0.3) is 0 Å². The Morgan fingerprint density at radius 3 is 2.80 bits per heavy atom. The molecule has 0 atom stereocenters. The number of hydrogen-bond donors (Lipinski definition) is 1. The van der Waals surface area contributed by atoms with E-state index in [1.807, 2.05) is 29.3 Å². The second-order valence-electron chi connectivity index (χ2n) is 4.36. The Morgan fingerprint density at radius 2 is 2.10 bits per heavy atom. The molecule has 0 saturated carbocycles. The Kier molecular flexibility index (Phi) is 5.08. The maximum absolute atomic E-state index is 11.9. The molecular weight excluding hydrogens is 322 g/mol. The van der Waals surface area contributed by atoms with Crippen LogP contribution in [0, 0.1) is 0 Å². The van der Waals surface area contributed by atoms with Gasteiger partial charge in [0.05, 0.1) is 24.6 Å². The highest BCUT2D eigenvalue weighted by Gasteiger charge is 2.09. The van der Waals surface area contributed by atoms with E-state index in [1.54, 1.807) is 12.4 Å². The maximum atomic E-state index is 11.9. The van der Waals surface area contributed by atoms with E-state index >= 15 is 0 Å². The van der Waals surface area contributed by atoms with Crippen molar-refractivity contribution in [3.05, 3.63) is 28.9 Å². The van der Waals surface area contributed by atoms with Crippen molar-refractivity contribution in [2.75, 3.05) is 19.6 Å². The molecule has 2 aromatic rings. The first-order chi connectivity index (χ1) is 9.65. The zero-order valence-corrected chi connectivity index (χ0v) is 13.2. The number of likely N-dealkylation sites (N-methyl/N-ethyl adjacent to an activating group) is 1. The Hall–Kier alpha value is -1.47. The molecule has 0 spiro atoms. The summed E-state index contributed by atoms with van der Waals surface area (Å²) < 4.78 is 2.70. The third kappa shape index (κ3) is 3.34. The summed E-state index contributed by atoms with van der Waals surface area (Å²) in [4.78, 5) is 22.1. The number of amides is 1. The Bertz CT molecular complexity index is 593. The molecule has 20 heavy (non-hydrogen) atoms. The third-order valence-electron chi connectivity index (χ3n) is 3.14. The molecule has 0 aliphatic rings. The molecule has 6 nitrogen and oxygen atoms in total. The van der Waals surface area contributed by atoms with Crippen LogP contribution in [0.1, 0.15) is 19.5 Å². The van der Waals surface area contributed by atoms with Crippen LogP contribution in [0.3, 0.4) is 0 Å². The van der Waals surface area contributed by atoms with E-state index in [0.29, 0.717) is 13.1 Å². The van der Waals surface area contributed by atoms with Gasteiger partial charge in [-0.15, -0.1) is 0 Å².